The number of aromatic nitrogens is 3. The Kier molecular flexibility index (Phi) is 4.26. The summed E-state index contributed by atoms with van der Waals surface area (Å²) in [5.74, 6) is 1.36. The number of halogens is 1. The highest BCUT2D eigenvalue weighted by molar-refractivity contribution is 6.18. The smallest absolute Gasteiger partial charge is 0.203 e. The van der Waals surface area contributed by atoms with E-state index in [0.29, 0.717) is 17.9 Å². The van der Waals surface area contributed by atoms with Crippen LogP contribution in [0.1, 0.15) is 33.8 Å². The summed E-state index contributed by atoms with van der Waals surface area (Å²) in [5, 5.41) is 10.7. The van der Waals surface area contributed by atoms with Crippen molar-refractivity contribution in [3.8, 4) is 17.1 Å². The minimum Gasteiger partial charge on any atom is -0.494 e. The van der Waals surface area contributed by atoms with E-state index in [1.54, 1.807) is 4.40 Å². The van der Waals surface area contributed by atoms with Gasteiger partial charge in [0.1, 0.15) is 11.5 Å². The topological polar surface area (TPSA) is 50.4 Å². The second-order valence-electron chi connectivity index (χ2n) is 6.38. The molecule has 3 rings (SSSR count). The van der Waals surface area contributed by atoms with Crippen molar-refractivity contribution in [3.05, 3.63) is 45.9 Å². The van der Waals surface area contributed by atoms with E-state index in [-0.39, 0.29) is 5.88 Å². The Balaban J connectivity index is 2.37. The predicted octanol–water partition coefficient (Wildman–Crippen LogP) is 4.43. The minimum absolute atomic E-state index is 0.191. The first-order valence-corrected chi connectivity index (χ1v) is 8.60. The number of alkyl halides is 1. The molecule has 0 bridgehead atoms. The summed E-state index contributed by atoms with van der Waals surface area (Å²) < 4.78 is 1.73. The average molecular weight is 344 g/mol. The fraction of sp³-hybridized carbons (Fsp3) is 0.368. The Morgan fingerprint density at radius 1 is 1.04 bits per heavy atom. The first-order chi connectivity index (χ1) is 11.3. The lowest BCUT2D eigenvalue weighted by atomic mass is 9.97. The molecule has 0 aliphatic rings. The molecule has 3 aromatic rings. The van der Waals surface area contributed by atoms with Crippen molar-refractivity contribution in [2.75, 3.05) is 5.88 Å². The predicted molar refractivity (Wildman–Crippen MR) is 98.2 cm³/mol. The molecule has 1 aromatic carbocycles. The Bertz CT molecular complexity index is 921. The van der Waals surface area contributed by atoms with Gasteiger partial charge < -0.3 is 5.11 Å². The Labute approximate surface area is 147 Å². The van der Waals surface area contributed by atoms with Gasteiger partial charge in [-0.15, -0.1) is 11.6 Å². The maximum Gasteiger partial charge on any atom is 0.203 e. The van der Waals surface area contributed by atoms with Crippen molar-refractivity contribution in [1.82, 2.24) is 14.4 Å². The van der Waals surface area contributed by atoms with Crippen LogP contribution in [0.25, 0.3) is 16.9 Å². The van der Waals surface area contributed by atoms with E-state index in [0.717, 1.165) is 39.5 Å². The summed E-state index contributed by atoms with van der Waals surface area (Å²) in [6.45, 7) is 10.1. The van der Waals surface area contributed by atoms with Crippen LogP contribution in [0.5, 0.6) is 5.88 Å². The molecule has 0 aliphatic heterocycles. The molecule has 2 aromatic heterocycles. The molecule has 4 nitrogen and oxygen atoms in total. The largest absolute Gasteiger partial charge is 0.494 e. The maximum atomic E-state index is 10.7. The molecule has 0 saturated carbocycles. The molecule has 0 radical (unpaired) electrons. The van der Waals surface area contributed by atoms with Crippen LogP contribution >= 0.6 is 11.6 Å². The number of aryl methyl sites for hydroxylation is 5. The first kappa shape index (κ1) is 16.8. The number of fused-ring (bicyclic) bond motifs is 1. The zero-order valence-corrected chi connectivity index (χ0v) is 15.5. The van der Waals surface area contributed by atoms with Gasteiger partial charge >= 0.3 is 0 Å². The molecule has 2 heterocycles. The fourth-order valence-electron chi connectivity index (χ4n) is 3.51. The number of nitrogens with zero attached hydrogens (tertiary/aromatic N) is 3. The Morgan fingerprint density at radius 2 is 1.67 bits per heavy atom. The van der Waals surface area contributed by atoms with E-state index < -0.39 is 0 Å². The lowest BCUT2D eigenvalue weighted by Gasteiger charge is -2.12. The van der Waals surface area contributed by atoms with Crippen LogP contribution in [0, 0.1) is 34.6 Å². The van der Waals surface area contributed by atoms with Gasteiger partial charge in [0.25, 0.3) is 0 Å². The van der Waals surface area contributed by atoms with Gasteiger partial charge in [0.2, 0.25) is 5.88 Å². The lowest BCUT2D eigenvalue weighted by molar-refractivity contribution is 0.435. The molecule has 24 heavy (non-hydrogen) atoms. The van der Waals surface area contributed by atoms with Crippen molar-refractivity contribution >= 4 is 17.2 Å². The highest BCUT2D eigenvalue weighted by Crippen LogP contribution is 2.34. The third-order valence-electron chi connectivity index (χ3n) is 4.47. The van der Waals surface area contributed by atoms with Crippen LogP contribution < -0.4 is 0 Å². The number of rotatable bonds is 3. The van der Waals surface area contributed by atoms with Crippen LogP contribution in [0.2, 0.25) is 0 Å². The van der Waals surface area contributed by atoms with Crippen LogP contribution in [0.3, 0.4) is 0 Å². The third-order valence-corrected chi connectivity index (χ3v) is 4.66. The van der Waals surface area contributed by atoms with E-state index in [2.05, 4.69) is 32.9 Å². The quantitative estimate of drug-likeness (QED) is 0.716. The molecule has 5 heteroatoms. The van der Waals surface area contributed by atoms with E-state index in [9.17, 15) is 5.11 Å². The van der Waals surface area contributed by atoms with E-state index in [1.807, 2.05) is 13.8 Å². The van der Waals surface area contributed by atoms with Crippen molar-refractivity contribution in [3.63, 3.8) is 0 Å². The highest BCUT2D eigenvalue weighted by Gasteiger charge is 2.21. The van der Waals surface area contributed by atoms with E-state index in [1.165, 1.54) is 5.56 Å². The van der Waals surface area contributed by atoms with Crippen LogP contribution in [-0.2, 0) is 6.42 Å². The van der Waals surface area contributed by atoms with Gasteiger partial charge in [-0.3, -0.25) is 4.40 Å². The number of hydrogen-bond acceptors (Lipinski definition) is 3. The summed E-state index contributed by atoms with van der Waals surface area (Å²) >= 11 is 5.86. The van der Waals surface area contributed by atoms with Crippen molar-refractivity contribution in [2.45, 2.75) is 41.0 Å². The average Bonchev–Trinajstić information content (AvgIpc) is 2.79. The van der Waals surface area contributed by atoms with Crippen LogP contribution in [0.4, 0.5) is 0 Å². The van der Waals surface area contributed by atoms with Gasteiger partial charge in [0.05, 0.1) is 0 Å². The summed E-state index contributed by atoms with van der Waals surface area (Å²) in [5.41, 5.74) is 7.72. The normalized spacial score (nSPS) is 11.4. The number of aromatic hydroxyl groups is 1. The maximum absolute atomic E-state index is 10.7. The second kappa shape index (κ2) is 6.10. The zero-order valence-electron chi connectivity index (χ0n) is 14.7. The van der Waals surface area contributed by atoms with Gasteiger partial charge in [-0.1, -0.05) is 17.7 Å². The third kappa shape index (κ3) is 2.55. The Hall–Kier alpha value is -2.07. The van der Waals surface area contributed by atoms with Crippen molar-refractivity contribution < 1.29 is 5.11 Å². The number of hydrogen-bond donors (Lipinski definition) is 1. The van der Waals surface area contributed by atoms with Gasteiger partial charge in [-0.05, 0) is 52.2 Å². The molecule has 0 atom stereocenters. The summed E-state index contributed by atoms with van der Waals surface area (Å²) in [6.07, 6.45) is 0.581. The van der Waals surface area contributed by atoms with Crippen molar-refractivity contribution in [1.29, 1.82) is 0 Å². The lowest BCUT2D eigenvalue weighted by Crippen LogP contribution is -2.02. The SMILES string of the molecule is Cc1cc(C)c(-c2nc(C)n3c(O)c(CCCl)c(C)nc23)c(C)c1. The molecule has 0 aliphatic carbocycles. The van der Waals surface area contributed by atoms with Gasteiger partial charge in [-0.25, -0.2) is 9.97 Å². The second-order valence-corrected chi connectivity index (χ2v) is 6.76. The molecule has 0 fully saturated rings. The van der Waals surface area contributed by atoms with Crippen molar-refractivity contribution in [2.24, 2.45) is 0 Å². The van der Waals surface area contributed by atoms with Gasteiger partial charge in [0.15, 0.2) is 5.65 Å². The van der Waals surface area contributed by atoms with Gasteiger partial charge in [0, 0.05) is 22.7 Å². The van der Waals surface area contributed by atoms with Gasteiger partial charge in [-0.2, -0.15) is 0 Å². The molecular formula is C19H22ClN3O. The molecule has 0 unspecified atom stereocenters. The highest BCUT2D eigenvalue weighted by atomic mass is 35.5. The molecule has 0 spiro atoms. The zero-order chi connectivity index (χ0) is 17.6. The number of benzene rings is 1. The monoisotopic (exact) mass is 343 g/mol. The van der Waals surface area contributed by atoms with Crippen LogP contribution in [0.15, 0.2) is 12.1 Å². The molecule has 126 valence electrons. The first-order valence-electron chi connectivity index (χ1n) is 8.06. The molecule has 0 amide bonds. The van der Waals surface area contributed by atoms with E-state index in [4.69, 9.17) is 21.6 Å². The number of imidazole rings is 1. The molecule has 0 saturated heterocycles. The molecule has 1 N–H and O–H groups in total. The summed E-state index contributed by atoms with van der Waals surface area (Å²) in [4.78, 5) is 9.46. The standard InChI is InChI=1S/C19H22ClN3O/c1-10-8-11(2)16(12(3)9-10)17-18-21-13(4)15(6-7-20)19(24)23(18)14(5)22-17/h8-9,24H,6-7H2,1-5H3. The summed E-state index contributed by atoms with van der Waals surface area (Å²) in [6, 6.07) is 4.30. The Morgan fingerprint density at radius 3 is 2.25 bits per heavy atom. The minimum atomic E-state index is 0.191. The fourth-order valence-corrected chi connectivity index (χ4v) is 3.70. The molecular weight excluding hydrogens is 322 g/mol. The van der Waals surface area contributed by atoms with Crippen LogP contribution in [-0.4, -0.2) is 25.4 Å². The van der Waals surface area contributed by atoms with E-state index >= 15 is 0 Å². The summed E-state index contributed by atoms with van der Waals surface area (Å²) in [7, 11) is 0.